The Morgan fingerprint density at radius 1 is 1.07 bits per heavy atom. The number of hydrogen-bond donors (Lipinski definition) is 1. The third kappa shape index (κ3) is 5.47. The average Bonchev–Trinajstić information content (AvgIpc) is 3.16. The van der Waals surface area contributed by atoms with E-state index >= 15 is 0 Å². The van der Waals surface area contributed by atoms with E-state index < -0.39 is 0 Å². The number of methoxy groups -OCH3 is 1. The van der Waals surface area contributed by atoms with Crippen LogP contribution < -0.4 is 10.1 Å². The second-order valence-electron chi connectivity index (χ2n) is 7.79. The summed E-state index contributed by atoms with van der Waals surface area (Å²) in [6, 6.07) is 17.5. The first kappa shape index (κ1) is 20.1. The van der Waals surface area contributed by atoms with E-state index in [2.05, 4.69) is 75.6 Å². The number of thiazole rings is 1. The van der Waals surface area contributed by atoms with Gasteiger partial charge in [0.1, 0.15) is 0 Å². The Morgan fingerprint density at radius 2 is 1.83 bits per heavy atom. The summed E-state index contributed by atoms with van der Waals surface area (Å²) in [5.74, 6) is 0. The molecular formula is C23H30N4OS. The number of aromatic nitrogens is 1. The summed E-state index contributed by atoms with van der Waals surface area (Å²) in [5.41, 5.74) is 3.58. The average molecular weight is 411 g/mol. The smallest absolute Gasteiger partial charge is 0.274 e. The molecule has 154 valence electrons. The number of anilines is 1. The van der Waals surface area contributed by atoms with Crippen molar-refractivity contribution in [3.63, 3.8) is 0 Å². The largest absolute Gasteiger partial charge is 0.473 e. The van der Waals surface area contributed by atoms with Crippen molar-refractivity contribution in [1.29, 1.82) is 0 Å². The SMILES string of the molecule is COc1nc2ccc(NC(C)CN3CCN(CCc4ccccc4)CC3)cc2s1. The number of ether oxygens (including phenoxy) is 1. The molecule has 1 saturated heterocycles. The molecule has 0 aliphatic carbocycles. The number of piperazine rings is 1. The predicted octanol–water partition coefficient (Wildman–Crippen LogP) is 3.97. The minimum atomic E-state index is 0.401. The molecule has 2 heterocycles. The van der Waals surface area contributed by atoms with Crippen LogP contribution in [0.3, 0.4) is 0 Å². The van der Waals surface area contributed by atoms with E-state index in [1.54, 1.807) is 18.4 Å². The third-order valence-corrected chi connectivity index (χ3v) is 6.49. The van der Waals surface area contributed by atoms with Crippen molar-refractivity contribution in [2.75, 3.05) is 51.7 Å². The molecule has 1 aliphatic heterocycles. The maximum Gasteiger partial charge on any atom is 0.274 e. The summed E-state index contributed by atoms with van der Waals surface area (Å²) in [7, 11) is 1.67. The second kappa shape index (κ2) is 9.57. The van der Waals surface area contributed by atoms with E-state index in [0.717, 1.165) is 66.8 Å². The Bertz CT molecular complexity index is 906. The molecule has 1 N–H and O–H groups in total. The molecule has 29 heavy (non-hydrogen) atoms. The second-order valence-corrected chi connectivity index (χ2v) is 8.78. The van der Waals surface area contributed by atoms with Crippen LogP contribution >= 0.6 is 11.3 Å². The molecular weight excluding hydrogens is 380 g/mol. The molecule has 1 aromatic heterocycles. The predicted molar refractivity (Wildman–Crippen MR) is 122 cm³/mol. The van der Waals surface area contributed by atoms with Gasteiger partial charge in [-0.3, -0.25) is 4.90 Å². The minimum Gasteiger partial charge on any atom is -0.473 e. The van der Waals surface area contributed by atoms with Gasteiger partial charge in [0.15, 0.2) is 0 Å². The van der Waals surface area contributed by atoms with Crippen molar-refractivity contribution in [2.45, 2.75) is 19.4 Å². The fourth-order valence-corrected chi connectivity index (χ4v) is 4.74. The van der Waals surface area contributed by atoms with Crippen molar-refractivity contribution >= 4 is 27.2 Å². The first-order valence-corrected chi connectivity index (χ1v) is 11.2. The van der Waals surface area contributed by atoms with Gasteiger partial charge in [-0.2, -0.15) is 0 Å². The number of benzene rings is 2. The van der Waals surface area contributed by atoms with E-state index in [0.29, 0.717) is 6.04 Å². The van der Waals surface area contributed by atoms with Gasteiger partial charge in [-0.1, -0.05) is 41.7 Å². The highest BCUT2D eigenvalue weighted by molar-refractivity contribution is 7.20. The summed E-state index contributed by atoms with van der Waals surface area (Å²) in [6.45, 7) is 9.09. The molecule has 1 unspecified atom stereocenters. The minimum absolute atomic E-state index is 0.401. The van der Waals surface area contributed by atoms with Crippen LogP contribution in [-0.2, 0) is 6.42 Å². The lowest BCUT2D eigenvalue weighted by molar-refractivity contribution is 0.131. The molecule has 1 atom stereocenters. The molecule has 1 fully saturated rings. The van der Waals surface area contributed by atoms with Gasteiger partial charge in [0, 0.05) is 51.0 Å². The first-order chi connectivity index (χ1) is 14.2. The monoisotopic (exact) mass is 410 g/mol. The molecule has 0 amide bonds. The van der Waals surface area contributed by atoms with Gasteiger partial charge in [-0.15, -0.1) is 0 Å². The van der Waals surface area contributed by atoms with Crippen molar-refractivity contribution in [3.05, 3.63) is 54.1 Å². The van der Waals surface area contributed by atoms with E-state index in [9.17, 15) is 0 Å². The Labute approximate surface area is 177 Å². The molecule has 2 aromatic carbocycles. The third-order valence-electron chi connectivity index (χ3n) is 5.51. The van der Waals surface area contributed by atoms with Crippen molar-refractivity contribution in [3.8, 4) is 5.19 Å². The van der Waals surface area contributed by atoms with Gasteiger partial charge < -0.3 is 15.0 Å². The van der Waals surface area contributed by atoms with Crippen LogP contribution in [0.1, 0.15) is 12.5 Å². The highest BCUT2D eigenvalue weighted by Gasteiger charge is 2.18. The van der Waals surface area contributed by atoms with Crippen molar-refractivity contribution < 1.29 is 4.74 Å². The molecule has 0 saturated carbocycles. The van der Waals surface area contributed by atoms with Crippen LogP contribution in [-0.4, -0.2) is 67.2 Å². The molecule has 3 aromatic rings. The number of hydrogen-bond acceptors (Lipinski definition) is 6. The van der Waals surface area contributed by atoms with E-state index in [1.165, 1.54) is 5.56 Å². The lowest BCUT2D eigenvalue weighted by atomic mass is 10.1. The van der Waals surface area contributed by atoms with Gasteiger partial charge in [0.05, 0.1) is 17.3 Å². The van der Waals surface area contributed by atoms with Crippen molar-refractivity contribution in [1.82, 2.24) is 14.8 Å². The van der Waals surface area contributed by atoms with Gasteiger partial charge in [0.2, 0.25) is 0 Å². The summed E-state index contributed by atoms with van der Waals surface area (Å²) in [5, 5.41) is 4.37. The summed E-state index contributed by atoms with van der Waals surface area (Å²) >= 11 is 1.59. The number of rotatable bonds is 8. The number of nitrogens with zero attached hydrogens (tertiary/aromatic N) is 3. The quantitative estimate of drug-likeness (QED) is 0.609. The Morgan fingerprint density at radius 3 is 2.59 bits per heavy atom. The van der Waals surface area contributed by atoms with Crippen molar-refractivity contribution in [2.24, 2.45) is 0 Å². The van der Waals surface area contributed by atoms with Gasteiger partial charge in [-0.05, 0) is 37.1 Å². The molecule has 6 heteroatoms. The standard InChI is InChI=1S/C23H30N4OS/c1-18(24-20-8-9-21-22(16-20)29-23(25-21)28-2)17-27-14-12-26(13-15-27)11-10-19-6-4-3-5-7-19/h3-9,16,18,24H,10-15,17H2,1-2H3. The molecule has 0 radical (unpaired) electrons. The first-order valence-electron chi connectivity index (χ1n) is 10.4. The fourth-order valence-electron chi connectivity index (χ4n) is 3.93. The lowest BCUT2D eigenvalue weighted by Crippen LogP contribution is -2.49. The molecule has 0 bridgehead atoms. The van der Waals surface area contributed by atoms with Gasteiger partial charge in [0.25, 0.3) is 5.19 Å². The summed E-state index contributed by atoms with van der Waals surface area (Å²) in [6.07, 6.45) is 1.14. The van der Waals surface area contributed by atoms with E-state index in [-0.39, 0.29) is 0 Å². The van der Waals surface area contributed by atoms with Gasteiger partial charge >= 0.3 is 0 Å². The van der Waals surface area contributed by atoms with E-state index in [4.69, 9.17) is 4.74 Å². The topological polar surface area (TPSA) is 40.6 Å². The Balaban J connectivity index is 1.22. The summed E-state index contributed by atoms with van der Waals surface area (Å²) < 4.78 is 6.41. The van der Waals surface area contributed by atoms with Crippen LogP contribution in [0.4, 0.5) is 5.69 Å². The zero-order valence-corrected chi connectivity index (χ0v) is 18.1. The van der Waals surface area contributed by atoms with Crippen LogP contribution in [0.2, 0.25) is 0 Å². The van der Waals surface area contributed by atoms with E-state index in [1.807, 2.05) is 0 Å². The maximum atomic E-state index is 5.25. The normalized spacial score (nSPS) is 16.8. The summed E-state index contributed by atoms with van der Waals surface area (Å²) in [4.78, 5) is 9.61. The molecule has 5 nitrogen and oxygen atoms in total. The van der Waals surface area contributed by atoms with Crippen LogP contribution in [0, 0.1) is 0 Å². The lowest BCUT2D eigenvalue weighted by Gasteiger charge is -2.36. The Kier molecular flexibility index (Phi) is 6.64. The molecule has 0 spiro atoms. The molecule has 4 rings (SSSR count). The van der Waals surface area contributed by atoms with Crippen LogP contribution in [0.25, 0.3) is 10.2 Å². The van der Waals surface area contributed by atoms with Gasteiger partial charge in [-0.25, -0.2) is 4.98 Å². The zero-order valence-electron chi connectivity index (χ0n) is 17.3. The number of fused-ring (bicyclic) bond motifs is 1. The Hall–Kier alpha value is -2.15. The molecule has 1 aliphatic rings. The fraction of sp³-hybridized carbons (Fsp3) is 0.435. The van der Waals surface area contributed by atoms with Crippen LogP contribution in [0.15, 0.2) is 48.5 Å². The zero-order chi connectivity index (χ0) is 20.1. The highest BCUT2D eigenvalue weighted by Crippen LogP contribution is 2.29. The van der Waals surface area contributed by atoms with Crippen LogP contribution in [0.5, 0.6) is 5.19 Å². The number of nitrogens with one attached hydrogen (secondary N) is 1. The highest BCUT2D eigenvalue weighted by atomic mass is 32.1. The maximum absolute atomic E-state index is 5.25.